The number of thiocarbonyl (C=S) groups is 1. The van der Waals surface area contributed by atoms with Crippen LogP contribution >= 0.6 is 12.2 Å². The van der Waals surface area contributed by atoms with Crippen LogP contribution in [0.15, 0.2) is 24.3 Å². The van der Waals surface area contributed by atoms with Crippen molar-refractivity contribution in [3.8, 4) is 0 Å². The van der Waals surface area contributed by atoms with Crippen molar-refractivity contribution in [3.05, 3.63) is 35.5 Å². The molecule has 0 saturated carbocycles. The lowest BCUT2D eigenvalue weighted by Gasteiger charge is -2.32. The molecule has 0 atom stereocenters. The molecule has 0 unspecified atom stereocenters. The van der Waals surface area contributed by atoms with Crippen LogP contribution in [0.25, 0.3) is 10.9 Å². The van der Waals surface area contributed by atoms with Crippen molar-refractivity contribution in [1.82, 2.24) is 9.88 Å². The number of hydrogen-bond acceptors (Lipinski definition) is 2. The molecule has 16 heavy (non-hydrogen) atoms. The van der Waals surface area contributed by atoms with Crippen molar-refractivity contribution in [3.63, 3.8) is 0 Å². The SMILES string of the molecule is S=C([S-])N1CCc2[nH]c3ccccc3c2C1. The number of nitrogens with zero attached hydrogens (tertiary/aromatic N) is 1. The van der Waals surface area contributed by atoms with Gasteiger partial charge >= 0.3 is 0 Å². The summed E-state index contributed by atoms with van der Waals surface area (Å²) in [7, 11) is 0. The van der Waals surface area contributed by atoms with E-state index in [1.165, 1.54) is 22.2 Å². The average molecular weight is 247 g/mol. The summed E-state index contributed by atoms with van der Waals surface area (Å²) in [6.45, 7) is 1.78. The smallest absolute Gasteiger partial charge is 0.0459 e. The van der Waals surface area contributed by atoms with Gasteiger partial charge in [-0.1, -0.05) is 22.5 Å². The highest BCUT2D eigenvalue weighted by Crippen LogP contribution is 2.27. The third kappa shape index (κ3) is 1.49. The lowest BCUT2D eigenvalue weighted by molar-refractivity contribution is 0.407. The zero-order chi connectivity index (χ0) is 11.1. The molecule has 0 radical (unpaired) electrons. The maximum Gasteiger partial charge on any atom is 0.0459 e. The van der Waals surface area contributed by atoms with Crippen LogP contribution in [0.4, 0.5) is 0 Å². The maximum atomic E-state index is 5.07. The second-order valence-electron chi connectivity index (χ2n) is 4.07. The summed E-state index contributed by atoms with van der Waals surface area (Å²) in [4.78, 5) is 5.56. The Kier molecular flexibility index (Phi) is 2.33. The minimum Gasteiger partial charge on any atom is -0.411 e. The molecule has 1 aromatic carbocycles. The molecular formula is C12H11N2S2-. The van der Waals surface area contributed by atoms with Crippen molar-refractivity contribution in [2.45, 2.75) is 13.0 Å². The fourth-order valence-corrected chi connectivity index (χ4v) is 2.63. The Labute approximate surface area is 105 Å². The van der Waals surface area contributed by atoms with Gasteiger partial charge in [-0.25, -0.2) is 0 Å². The van der Waals surface area contributed by atoms with Gasteiger partial charge in [0.05, 0.1) is 0 Å². The summed E-state index contributed by atoms with van der Waals surface area (Å²) >= 11 is 10.1. The summed E-state index contributed by atoms with van der Waals surface area (Å²) in [5.41, 5.74) is 3.90. The van der Waals surface area contributed by atoms with Crippen LogP contribution in [0.2, 0.25) is 0 Å². The molecule has 2 nitrogen and oxygen atoms in total. The fraction of sp³-hybridized carbons (Fsp3) is 0.250. The number of benzene rings is 1. The Balaban J connectivity index is 2.11. The van der Waals surface area contributed by atoms with Crippen molar-refractivity contribution in [1.29, 1.82) is 0 Å². The maximum absolute atomic E-state index is 5.07. The molecular weight excluding hydrogens is 236 g/mol. The molecule has 3 rings (SSSR count). The zero-order valence-electron chi connectivity index (χ0n) is 8.69. The number of nitrogens with one attached hydrogen (secondary N) is 1. The van der Waals surface area contributed by atoms with Crippen LogP contribution in [-0.4, -0.2) is 20.7 Å². The van der Waals surface area contributed by atoms with Crippen LogP contribution < -0.4 is 0 Å². The number of H-pyrrole nitrogens is 1. The van der Waals surface area contributed by atoms with Gasteiger partial charge < -0.3 is 34.7 Å². The van der Waals surface area contributed by atoms with E-state index < -0.39 is 0 Å². The number of aromatic nitrogens is 1. The van der Waals surface area contributed by atoms with E-state index in [-0.39, 0.29) is 0 Å². The van der Waals surface area contributed by atoms with Crippen LogP contribution in [0.5, 0.6) is 0 Å². The van der Waals surface area contributed by atoms with E-state index in [0.29, 0.717) is 4.32 Å². The fourth-order valence-electron chi connectivity index (χ4n) is 2.32. The van der Waals surface area contributed by atoms with Crippen LogP contribution in [-0.2, 0) is 25.6 Å². The molecule has 2 heterocycles. The monoisotopic (exact) mass is 247 g/mol. The van der Waals surface area contributed by atoms with E-state index in [9.17, 15) is 0 Å². The van der Waals surface area contributed by atoms with E-state index >= 15 is 0 Å². The van der Waals surface area contributed by atoms with Crippen LogP contribution in [0, 0.1) is 0 Å². The van der Waals surface area contributed by atoms with Gasteiger partial charge in [0.1, 0.15) is 0 Å². The van der Waals surface area contributed by atoms with E-state index in [1.807, 2.05) is 0 Å². The van der Waals surface area contributed by atoms with E-state index in [1.54, 1.807) is 0 Å². The van der Waals surface area contributed by atoms with Crippen molar-refractivity contribution in [2.24, 2.45) is 0 Å². The van der Waals surface area contributed by atoms with Crippen molar-refractivity contribution < 1.29 is 0 Å². The van der Waals surface area contributed by atoms with Gasteiger partial charge in [0.25, 0.3) is 0 Å². The number of fused-ring (bicyclic) bond motifs is 3. The summed E-state index contributed by atoms with van der Waals surface area (Å²) in [5.74, 6) is 0. The first-order chi connectivity index (χ1) is 7.75. The topological polar surface area (TPSA) is 19.0 Å². The highest BCUT2D eigenvalue weighted by atomic mass is 32.1. The molecule has 0 spiro atoms. The Hall–Kier alpha value is -1.13. The molecule has 0 aliphatic carbocycles. The minimum atomic E-state index is 0.580. The lowest BCUT2D eigenvalue weighted by Crippen LogP contribution is -2.33. The van der Waals surface area contributed by atoms with Gasteiger partial charge in [0.15, 0.2) is 0 Å². The number of aromatic amines is 1. The summed E-state index contributed by atoms with van der Waals surface area (Å²) in [6, 6.07) is 8.39. The van der Waals surface area contributed by atoms with Gasteiger partial charge in [0.2, 0.25) is 0 Å². The van der Waals surface area contributed by atoms with Gasteiger partial charge in [-0.2, -0.15) is 0 Å². The number of rotatable bonds is 0. The van der Waals surface area contributed by atoms with E-state index in [2.05, 4.69) is 34.1 Å². The Bertz CT molecular complexity index is 559. The molecule has 0 bridgehead atoms. The quantitative estimate of drug-likeness (QED) is 0.570. The second kappa shape index (κ2) is 3.71. The predicted octanol–water partition coefficient (Wildman–Crippen LogP) is 2.36. The number of hydrogen-bond donors (Lipinski definition) is 1. The Morgan fingerprint density at radius 1 is 1.38 bits per heavy atom. The predicted molar refractivity (Wildman–Crippen MR) is 72.4 cm³/mol. The molecule has 0 amide bonds. The van der Waals surface area contributed by atoms with Crippen LogP contribution in [0.3, 0.4) is 0 Å². The van der Waals surface area contributed by atoms with Crippen molar-refractivity contribution >= 4 is 40.1 Å². The highest BCUT2D eigenvalue weighted by molar-refractivity contribution is 8.00. The molecule has 2 aromatic rings. The summed E-state index contributed by atoms with van der Waals surface area (Å²) in [6.07, 6.45) is 1.00. The van der Waals surface area contributed by atoms with E-state index in [0.717, 1.165) is 19.5 Å². The first-order valence-corrected chi connectivity index (χ1v) is 6.12. The molecule has 82 valence electrons. The van der Waals surface area contributed by atoms with E-state index in [4.69, 9.17) is 24.8 Å². The van der Waals surface area contributed by atoms with Crippen LogP contribution in [0.1, 0.15) is 11.3 Å². The van der Waals surface area contributed by atoms with Gasteiger partial charge in [-0.3, -0.25) is 0 Å². The Morgan fingerprint density at radius 2 is 2.19 bits per heavy atom. The molecule has 0 saturated heterocycles. The van der Waals surface area contributed by atoms with Gasteiger partial charge in [-0.05, 0) is 11.6 Å². The number of para-hydroxylation sites is 1. The first kappa shape index (κ1) is 10.1. The third-order valence-corrected chi connectivity index (χ3v) is 3.66. The highest BCUT2D eigenvalue weighted by Gasteiger charge is 2.18. The third-order valence-electron chi connectivity index (χ3n) is 3.14. The largest absolute Gasteiger partial charge is 0.411 e. The molecule has 1 N–H and O–H groups in total. The van der Waals surface area contributed by atoms with Crippen molar-refractivity contribution in [2.75, 3.05) is 6.54 Å². The standard InChI is InChI=1S/C12H12N2S2/c15-12(16)14-6-5-11-9(7-14)8-3-1-2-4-10(8)13-11/h1-4,13H,5-7H2,(H,15,16)/p-1. The minimum absolute atomic E-state index is 0.580. The Morgan fingerprint density at radius 3 is 3.00 bits per heavy atom. The van der Waals surface area contributed by atoms with Gasteiger partial charge in [0, 0.05) is 36.1 Å². The molecule has 1 aliphatic rings. The summed E-state index contributed by atoms with van der Waals surface area (Å²) in [5, 5.41) is 1.30. The normalized spacial score (nSPS) is 15.1. The summed E-state index contributed by atoms with van der Waals surface area (Å²) < 4.78 is 0.580. The lowest BCUT2D eigenvalue weighted by atomic mass is 10.1. The average Bonchev–Trinajstić information content (AvgIpc) is 2.66. The second-order valence-corrected chi connectivity index (χ2v) is 5.10. The molecule has 4 heteroatoms. The molecule has 0 fully saturated rings. The molecule has 1 aromatic heterocycles. The first-order valence-electron chi connectivity index (χ1n) is 5.30. The molecule has 1 aliphatic heterocycles. The van der Waals surface area contributed by atoms with Gasteiger partial charge in [-0.15, -0.1) is 0 Å². The zero-order valence-corrected chi connectivity index (χ0v) is 10.3.